The molecular formula is C36H52O12P2. The number of benzene rings is 2. The second-order valence-corrected chi connectivity index (χ2v) is 13.4. The second kappa shape index (κ2) is 26.8. The number of carbonyl (C=O) groups is 2. The van der Waals surface area contributed by atoms with E-state index in [4.69, 9.17) is 47.1 Å². The molecule has 2 aromatic rings. The molecule has 0 heterocycles. The summed E-state index contributed by atoms with van der Waals surface area (Å²) in [7, 11) is -2.87. The minimum absolute atomic E-state index is 0.257. The molecule has 50 heavy (non-hydrogen) atoms. The van der Waals surface area contributed by atoms with Crippen molar-refractivity contribution >= 4 is 39.3 Å². The maximum atomic E-state index is 11.7. The van der Waals surface area contributed by atoms with Crippen LogP contribution in [0.5, 0.6) is 0 Å². The molecule has 0 radical (unpaired) electrons. The zero-order valence-corrected chi connectivity index (χ0v) is 31.5. The van der Waals surface area contributed by atoms with Gasteiger partial charge >= 0.3 is 11.9 Å². The van der Waals surface area contributed by atoms with E-state index < -0.39 is 16.8 Å². The van der Waals surface area contributed by atoms with Crippen molar-refractivity contribution in [1.82, 2.24) is 0 Å². The molecule has 0 saturated carbocycles. The van der Waals surface area contributed by atoms with E-state index in [-0.39, 0.29) is 24.8 Å². The van der Waals surface area contributed by atoms with Crippen molar-refractivity contribution in [2.45, 2.75) is 66.2 Å². The van der Waals surface area contributed by atoms with Crippen LogP contribution in [-0.4, -0.2) is 64.8 Å². The van der Waals surface area contributed by atoms with E-state index in [0.717, 1.165) is 21.7 Å². The molecule has 0 spiro atoms. The van der Waals surface area contributed by atoms with Crippen LogP contribution < -0.4 is 10.6 Å². The molecule has 0 aliphatic rings. The Labute approximate surface area is 299 Å². The number of esters is 2. The minimum Gasteiger partial charge on any atom is -0.466 e. The quantitative estimate of drug-likeness (QED) is 0.0203. The van der Waals surface area contributed by atoms with Crippen molar-refractivity contribution in [1.29, 1.82) is 0 Å². The summed E-state index contributed by atoms with van der Waals surface area (Å²) in [4.78, 5) is 43.6. The van der Waals surface area contributed by atoms with E-state index in [1.807, 2.05) is 62.4 Å². The number of hydrogen-bond acceptors (Lipinski definition) is 12. The Morgan fingerprint density at radius 1 is 0.520 bits per heavy atom. The summed E-state index contributed by atoms with van der Waals surface area (Å²) >= 11 is 0. The van der Waals surface area contributed by atoms with Crippen molar-refractivity contribution in [3.8, 4) is 11.1 Å². The normalized spacial score (nSPS) is 11.1. The van der Waals surface area contributed by atoms with Gasteiger partial charge in [0.25, 0.3) is 0 Å². The van der Waals surface area contributed by atoms with Crippen LogP contribution >= 0.6 is 16.8 Å². The second-order valence-electron chi connectivity index (χ2n) is 10.3. The molecule has 0 atom stereocenters. The van der Waals surface area contributed by atoms with E-state index in [1.165, 1.54) is 0 Å². The molecule has 0 aromatic heterocycles. The average Bonchev–Trinajstić information content (AvgIpc) is 3.12. The SMILES string of the molecule is C=C(CCOP(OCCC(=C)OOCC)c1ccc(-c2ccc(P(OCCCC(=O)OCC)OCCCC(=O)OCC)cc2)cc1)OOCC. The predicted molar refractivity (Wildman–Crippen MR) is 193 cm³/mol. The summed E-state index contributed by atoms with van der Waals surface area (Å²) < 4.78 is 34.4. The predicted octanol–water partition coefficient (Wildman–Crippen LogP) is 7.72. The number of ether oxygens (including phenoxy) is 2. The standard InChI is InChI=1S/C36H52O12P2/c1-7-39-35(37)13-11-25-43-49(44-26-12-14-36(38)40-8-2)33-19-15-31(16-20-33)32-17-21-34(22-18-32)50(45-27-23-29(5)47-41-9-3)46-28-24-30(6)48-42-10-4/h15-22H,5-14,23-28H2,1-4H3. The van der Waals surface area contributed by atoms with Crippen molar-refractivity contribution in [3.05, 3.63) is 73.2 Å². The highest BCUT2D eigenvalue weighted by molar-refractivity contribution is 7.56. The van der Waals surface area contributed by atoms with Crippen molar-refractivity contribution in [3.63, 3.8) is 0 Å². The molecule has 0 N–H and O–H groups in total. The summed E-state index contributed by atoms with van der Waals surface area (Å²) in [5.74, 6) is 0.416. The lowest BCUT2D eigenvalue weighted by molar-refractivity contribution is -0.260. The third-order valence-electron chi connectivity index (χ3n) is 6.34. The summed E-state index contributed by atoms with van der Waals surface area (Å²) in [6, 6.07) is 16.0. The maximum absolute atomic E-state index is 11.7. The molecule has 0 aliphatic carbocycles. The average molecular weight is 739 g/mol. The monoisotopic (exact) mass is 738 g/mol. The molecule has 0 aliphatic heterocycles. The fourth-order valence-electron chi connectivity index (χ4n) is 3.97. The van der Waals surface area contributed by atoms with Gasteiger partial charge in [-0.3, -0.25) is 9.59 Å². The molecule has 0 fully saturated rings. The summed E-state index contributed by atoms with van der Waals surface area (Å²) in [5.41, 5.74) is 2.00. The lowest BCUT2D eigenvalue weighted by Gasteiger charge is -2.19. The third kappa shape index (κ3) is 18.4. The number of hydrogen-bond donors (Lipinski definition) is 0. The van der Waals surface area contributed by atoms with Crippen LogP contribution in [0.3, 0.4) is 0 Å². The Morgan fingerprint density at radius 3 is 1.22 bits per heavy atom. The van der Waals surface area contributed by atoms with Gasteiger partial charge in [0.2, 0.25) is 16.8 Å². The Bertz CT molecular complexity index is 1200. The molecule has 0 unspecified atom stereocenters. The van der Waals surface area contributed by atoms with Crippen LogP contribution in [0.1, 0.15) is 66.2 Å². The molecule has 2 aromatic carbocycles. The lowest BCUT2D eigenvalue weighted by Crippen LogP contribution is -2.10. The highest BCUT2D eigenvalue weighted by Crippen LogP contribution is 2.40. The van der Waals surface area contributed by atoms with E-state index >= 15 is 0 Å². The summed E-state index contributed by atoms with van der Waals surface area (Å²) in [6.45, 7) is 17.8. The van der Waals surface area contributed by atoms with Gasteiger partial charge in [-0.15, -0.1) is 0 Å². The topological polar surface area (TPSA) is 126 Å². The van der Waals surface area contributed by atoms with Crippen molar-refractivity contribution < 1.29 is 56.7 Å². The molecule has 14 heteroatoms. The van der Waals surface area contributed by atoms with Gasteiger partial charge in [-0.05, 0) is 75.9 Å². The van der Waals surface area contributed by atoms with Crippen LogP contribution in [-0.2, 0) is 56.7 Å². The first-order valence-electron chi connectivity index (χ1n) is 16.9. The van der Waals surface area contributed by atoms with Gasteiger partial charge in [-0.1, -0.05) is 37.4 Å². The van der Waals surface area contributed by atoms with Crippen LogP contribution in [0.4, 0.5) is 0 Å². The van der Waals surface area contributed by atoms with E-state index in [2.05, 4.69) is 13.2 Å². The smallest absolute Gasteiger partial charge is 0.305 e. The Morgan fingerprint density at radius 2 is 0.880 bits per heavy atom. The van der Waals surface area contributed by atoms with Gasteiger partial charge in [0, 0.05) is 36.3 Å². The van der Waals surface area contributed by atoms with E-state index in [1.54, 1.807) is 13.8 Å². The first-order valence-corrected chi connectivity index (χ1v) is 19.2. The first kappa shape index (κ1) is 43.2. The number of rotatable bonds is 29. The number of carbonyl (C=O) groups excluding carboxylic acids is 2. The molecule has 278 valence electrons. The maximum Gasteiger partial charge on any atom is 0.305 e. The van der Waals surface area contributed by atoms with Crippen molar-refractivity contribution in [2.75, 3.05) is 52.9 Å². The molecule has 2 rings (SSSR count). The minimum atomic E-state index is -1.44. The molecule has 0 amide bonds. The first-order chi connectivity index (χ1) is 24.3. The largest absolute Gasteiger partial charge is 0.466 e. The van der Waals surface area contributed by atoms with Crippen LogP contribution in [0.15, 0.2) is 73.2 Å². The fraction of sp³-hybridized carbons (Fsp3) is 0.500. The van der Waals surface area contributed by atoms with E-state index in [9.17, 15) is 9.59 Å². The van der Waals surface area contributed by atoms with Gasteiger partial charge in [-0.2, -0.15) is 9.78 Å². The Hall–Kier alpha value is -2.92. The van der Waals surface area contributed by atoms with Crippen molar-refractivity contribution in [2.24, 2.45) is 0 Å². The molecule has 12 nitrogen and oxygen atoms in total. The van der Waals surface area contributed by atoms with Gasteiger partial charge in [-0.25, -0.2) is 0 Å². The molecule has 0 saturated heterocycles. The van der Waals surface area contributed by atoms with Gasteiger partial charge < -0.3 is 37.3 Å². The van der Waals surface area contributed by atoms with Gasteiger partial charge in [0.1, 0.15) is 11.5 Å². The van der Waals surface area contributed by atoms with Gasteiger partial charge in [0.15, 0.2) is 0 Å². The lowest BCUT2D eigenvalue weighted by atomic mass is 10.1. The van der Waals surface area contributed by atoms with Gasteiger partial charge in [0.05, 0.1) is 52.9 Å². The summed E-state index contributed by atoms with van der Waals surface area (Å²) in [6.07, 6.45) is 2.44. The molecule has 0 bridgehead atoms. The summed E-state index contributed by atoms with van der Waals surface area (Å²) in [5, 5.41) is 1.77. The van der Waals surface area contributed by atoms with E-state index in [0.29, 0.717) is 90.1 Å². The van der Waals surface area contributed by atoms with Crippen LogP contribution in [0, 0.1) is 0 Å². The Kier molecular flexibility index (Phi) is 23.2. The van der Waals surface area contributed by atoms with Crippen LogP contribution in [0.2, 0.25) is 0 Å². The zero-order valence-electron chi connectivity index (χ0n) is 29.7. The highest BCUT2D eigenvalue weighted by Gasteiger charge is 2.18. The Balaban J connectivity index is 2.09. The molecular weight excluding hydrogens is 686 g/mol. The highest BCUT2D eigenvalue weighted by atomic mass is 31.2. The fourth-order valence-corrected chi connectivity index (χ4v) is 6.61. The third-order valence-corrected chi connectivity index (χ3v) is 9.44. The van der Waals surface area contributed by atoms with Crippen LogP contribution in [0.25, 0.3) is 11.1 Å². The zero-order chi connectivity index (χ0) is 36.4.